The maximum Gasteiger partial charge on any atom is 0.407 e. The number of methoxy groups -OCH3 is 1. The highest BCUT2D eigenvalue weighted by Crippen LogP contribution is 2.44. The Morgan fingerprint density at radius 2 is 1.43 bits per heavy atom. The Bertz CT molecular complexity index is 1260. The van der Waals surface area contributed by atoms with Gasteiger partial charge in [-0.15, -0.1) is 0 Å². The van der Waals surface area contributed by atoms with Gasteiger partial charge in [0.2, 0.25) is 0 Å². The van der Waals surface area contributed by atoms with E-state index in [1.165, 1.54) is 7.11 Å². The fraction of sp³-hybridized carbons (Fsp3) is 0.300. The van der Waals surface area contributed by atoms with E-state index in [4.69, 9.17) is 14.2 Å². The van der Waals surface area contributed by atoms with E-state index in [1.807, 2.05) is 36.4 Å². The average molecular weight is 502 g/mol. The zero-order valence-corrected chi connectivity index (χ0v) is 21.4. The highest BCUT2D eigenvalue weighted by atomic mass is 16.6. The van der Waals surface area contributed by atoms with Crippen LogP contribution in [0.4, 0.5) is 4.79 Å². The van der Waals surface area contributed by atoms with Crippen LogP contribution >= 0.6 is 0 Å². The average Bonchev–Trinajstić information content (AvgIpc) is 3.19. The SMILES string of the molecule is COC(=O)c1ccccc1C[C@H](NC(=O)OCC1c2ccccc2-c2ccccc21)C(=O)OC(C)(C)C. The van der Waals surface area contributed by atoms with E-state index < -0.39 is 29.7 Å². The molecule has 0 aliphatic heterocycles. The summed E-state index contributed by atoms with van der Waals surface area (Å²) in [6, 6.07) is 21.8. The molecule has 0 unspecified atom stereocenters. The molecule has 1 aliphatic rings. The first-order valence-electron chi connectivity index (χ1n) is 12.2. The molecule has 7 nitrogen and oxygen atoms in total. The van der Waals surface area contributed by atoms with Crippen LogP contribution in [0.5, 0.6) is 0 Å². The van der Waals surface area contributed by atoms with Gasteiger partial charge in [0.15, 0.2) is 0 Å². The molecule has 4 rings (SSSR count). The molecule has 1 aliphatic carbocycles. The molecule has 192 valence electrons. The third-order valence-corrected chi connectivity index (χ3v) is 6.17. The summed E-state index contributed by atoms with van der Waals surface area (Å²) in [5.74, 6) is -1.27. The maximum atomic E-state index is 13.0. The van der Waals surface area contributed by atoms with Crippen LogP contribution in [-0.2, 0) is 25.4 Å². The van der Waals surface area contributed by atoms with E-state index in [0.29, 0.717) is 11.1 Å². The first-order chi connectivity index (χ1) is 17.7. The van der Waals surface area contributed by atoms with Gasteiger partial charge in [-0.25, -0.2) is 14.4 Å². The van der Waals surface area contributed by atoms with E-state index in [9.17, 15) is 14.4 Å². The lowest BCUT2D eigenvalue weighted by atomic mass is 9.98. The van der Waals surface area contributed by atoms with Gasteiger partial charge in [0.1, 0.15) is 18.2 Å². The van der Waals surface area contributed by atoms with E-state index >= 15 is 0 Å². The van der Waals surface area contributed by atoms with Crippen LogP contribution in [0.1, 0.15) is 53.7 Å². The van der Waals surface area contributed by atoms with Gasteiger partial charge < -0.3 is 19.5 Å². The van der Waals surface area contributed by atoms with Crippen LogP contribution in [0.2, 0.25) is 0 Å². The van der Waals surface area contributed by atoms with Crippen molar-refractivity contribution in [3.63, 3.8) is 0 Å². The molecule has 3 aromatic rings. The Kier molecular flexibility index (Phi) is 7.62. The van der Waals surface area contributed by atoms with Gasteiger partial charge in [0.25, 0.3) is 0 Å². The Hall–Kier alpha value is -4.13. The standard InChI is InChI=1S/C30H31NO6/c1-30(2,3)37-28(33)26(17-19-11-5-6-12-20(19)27(32)35-4)31-29(34)36-18-25-23-15-9-7-13-21(23)22-14-8-10-16-24(22)25/h5-16,25-26H,17-18H2,1-4H3,(H,31,34)/t26-/m0/s1. The van der Waals surface area contributed by atoms with Crippen molar-refractivity contribution in [3.8, 4) is 11.1 Å². The van der Waals surface area contributed by atoms with Crippen LogP contribution in [-0.4, -0.2) is 43.4 Å². The molecule has 0 bridgehead atoms. The minimum atomic E-state index is -1.07. The highest BCUT2D eigenvalue weighted by molar-refractivity contribution is 5.91. The number of alkyl carbamates (subject to hydrolysis) is 1. The number of carbonyl (C=O) groups excluding carboxylic acids is 3. The molecule has 1 atom stereocenters. The smallest absolute Gasteiger partial charge is 0.407 e. The van der Waals surface area contributed by atoms with E-state index in [-0.39, 0.29) is 18.9 Å². The normalized spacial score (nSPS) is 13.2. The number of hydrogen-bond acceptors (Lipinski definition) is 6. The quantitative estimate of drug-likeness (QED) is 0.351. The predicted molar refractivity (Wildman–Crippen MR) is 139 cm³/mol. The molecule has 0 heterocycles. The summed E-state index contributed by atoms with van der Waals surface area (Å²) < 4.78 is 16.0. The molecular formula is C30H31NO6. The molecule has 0 saturated heterocycles. The lowest BCUT2D eigenvalue weighted by Gasteiger charge is -2.25. The number of benzene rings is 3. The van der Waals surface area contributed by atoms with Crippen LogP contribution in [0.25, 0.3) is 11.1 Å². The van der Waals surface area contributed by atoms with Gasteiger partial charge >= 0.3 is 18.0 Å². The molecule has 0 radical (unpaired) electrons. The molecule has 0 saturated carbocycles. The fourth-order valence-electron chi connectivity index (χ4n) is 4.58. The number of rotatable bonds is 7. The molecule has 0 spiro atoms. The fourth-order valence-corrected chi connectivity index (χ4v) is 4.58. The van der Waals surface area contributed by atoms with Crippen molar-refractivity contribution >= 4 is 18.0 Å². The topological polar surface area (TPSA) is 90.9 Å². The van der Waals surface area contributed by atoms with Gasteiger partial charge in [-0.05, 0) is 54.7 Å². The van der Waals surface area contributed by atoms with Crippen molar-refractivity contribution in [2.24, 2.45) is 0 Å². The third-order valence-electron chi connectivity index (χ3n) is 6.17. The summed E-state index contributed by atoms with van der Waals surface area (Å²) in [5, 5.41) is 2.66. The molecule has 1 N–H and O–H groups in total. The molecule has 1 amide bonds. The van der Waals surface area contributed by atoms with Crippen LogP contribution in [0.15, 0.2) is 72.8 Å². The number of esters is 2. The first-order valence-corrected chi connectivity index (χ1v) is 12.2. The van der Waals surface area contributed by atoms with Gasteiger partial charge in [0, 0.05) is 12.3 Å². The number of carbonyl (C=O) groups is 3. The summed E-state index contributed by atoms with van der Waals surface area (Å²) >= 11 is 0. The van der Waals surface area contributed by atoms with Crippen molar-refractivity contribution in [1.29, 1.82) is 0 Å². The van der Waals surface area contributed by atoms with Crippen LogP contribution in [0.3, 0.4) is 0 Å². The lowest BCUT2D eigenvalue weighted by Crippen LogP contribution is -2.46. The molecule has 0 aromatic heterocycles. The Morgan fingerprint density at radius 1 is 0.865 bits per heavy atom. The van der Waals surface area contributed by atoms with Gasteiger partial charge in [-0.2, -0.15) is 0 Å². The largest absolute Gasteiger partial charge is 0.465 e. The second-order valence-corrected chi connectivity index (χ2v) is 9.91. The second-order valence-electron chi connectivity index (χ2n) is 9.91. The Labute approximate surface area is 216 Å². The number of nitrogens with one attached hydrogen (secondary N) is 1. The van der Waals surface area contributed by atoms with Gasteiger partial charge in [-0.3, -0.25) is 0 Å². The van der Waals surface area contributed by atoms with Crippen molar-refractivity contribution in [2.45, 2.75) is 44.8 Å². The maximum absolute atomic E-state index is 13.0. The Morgan fingerprint density at radius 3 is 2.03 bits per heavy atom. The van der Waals surface area contributed by atoms with Crippen molar-refractivity contribution in [1.82, 2.24) is 5.32 Å². The monoisotopic (exact) mass is 501 g/mol. The molecule has 37 heavy (non-hydrogen) atoms. The third kappa shape index (κ3) is 6.00. The number of ether oxygens (including phenoxy) is 3. The van der Waals surface area contributed by atoms with Gasteiger partial charge in [-0.1, -0.05) is 66.7 Å². The molecule has 3 aromatic carbocycles. The highest BCUT2D eigenvalue weighted by Gasteiger charge is 2.31. The second kappa shape index (κ2) is 10.9. The zero-order valence-electron chi connectivity index (χ0n) is 21.4. The molecule has 7 heteroatoms. The summed E-state index contributed by atoms with van der Waals surface area (Å²) in [5.41, 5.74) is 4.52. The van der Waals surface area contributed by atoms with Crippen LogP contribution < -0.4 is 5.32 Å². The summed E-state index contributed by atoms with van der Waals surface area (Å²) in [7, 11) is 1.29. The zero-order chi connectivity index (χ0) is 26.6. The summed E-state index contributed by atoms with van der Waals surface area (Å²) in [6.45, 7) is 5.35. The molecule has 0 fully saturated rings. The van der Waals surface area contributed by atoms with Gasteiger partial charge in [0.05, 0.1) is 12.7 Å². The van der Waals surface area contributed by atoms with E-state index in [1.54, 1.807) is 45.0 Å². The summed E-state index contributed by atoms with van der Waals surface area (Å²) in [4.78, 5) is 38.2. The van der Waals surface area contributed by atoms with Crippen molar-refractivity contribution in [3.05, 3.63) is 95.1 Å². The summed E-state index contributed by atoms with van der Waals surface area (Å²) in [6.07, 6.45) is -0.710. The Balaban J connectivity index is 1.51. The minimum Gasteiger partial charge on any atom is -0.465 e. The van der Waals surface area contributed by atoms with E-state index in [2.05, 4.69) is 17.4 Å². The molecular weight excluding hydrogens is 470 g/mol. The number of hydrogen-bond donors (Lipinski definition) is 1. The lowest BCUT2D eigenvalue weighted by molar-refractivity contribution is -0.157. The van der Waals surface area contributed by atoms with E-state index in [0.717, 1.165) is 22.3 Å². The number of fused-ring (bicyclic) bond motifs is 3. The van der Waals surface area contributed by atoms with Crippen molar-refractivity contribution < 1.29 is 28.6 Å². The first kappa shape index (κ1) is 25.9. The van der Waals surface area contributed by atoms with Crippen LogP contribution in [0, 0.1) is 0 Å². The number of amides is 1. The minimum absolute atomic E-state index is 0.0321. The van der Waals surface area contributed by atoms with Crippen molar-refractivity contribution in [2.75, 3.05) is 13.7 Å². The predicted octanol–water partition coefficient (Wildman–Crippen LogP) is 5.26.